The van der Waals surface area contributed by atoms with E-state index in [0.717, 1.165) is 18.1 Å². The summed E-state index contributed by atoms with van der Waals surface area (Å²) in [5.74, 6) is 0.534. The van der Waals surface area contributed by atoms with Crippen LogP contribution >= 0.6 is 0 Å². The first-order valence-electron chi connectivity index (χ1n) is 7.21. The fourth-order valence-electron chi connectivity index (χ4n) is 2.46. The molecule has 22 heavy (non-hydrogen) atoms. The maximum atomic E-state index is 13.0. The Morgan fingerprint density at radius 2 is 1.55 bits per heavy atom. The minimum absolute atomic E-state index is 0.104. The van der Waals surface area contributed by atoms with Gasteiger partial charge in [-0.3, -0.25) is 0 Å². The van der Waals surface area contributed by atoms with E-state index in [1.54, 1.807) is 6.07 Å². The van der Waals surface area contributed by atoms with E-state index in [1.165, 1.54) is 11.6 Å². The molecule has 0 heterocycles. The molecule has 0 unspecified atom stereocenters. The van der Waals surface area contributed by atoms with Gasteiger partial charge in [-0.15, -0.1) is 0 Å². The lowest BCUT2D eigenvalue weighted by Gasteiger charge is -2.14. The second kappa shape index (κ2) is 6.53. The average molecular weight is 308 g/mol. The normalized spacial score (nSPS) is 12.0. The number of rotatable bonds is 4. The number of aliphatic hydroxyl groups excluding tert-OH is 1. The van der Waals surface area contributed by atoms with Crippen LogP contribution in [-0.4, -0.2) is 5.11 Å². The molecule has 0 spiro atoms. The van der Waals surface area contributed by atoms with Crippen molar-refractivity contribution in [3.8, 4) is 11.1 Å². The second-order valence-corrected chi connectivity index (χ2v) is 5.82. The highest BCUT2D eigenvalue weighted by Crippen LogP contribution is 2.35. The van der Waals surface area contributed by atoms with Gasteiger partial charge < -0.3 is 5.11 Å². The molecule has 2 rings (SSSR count). The molecule has 0 amide bonds. The number of aliphatic hydroxyl groups is 1. The van der Waals surface area contributed by atoms with E-state index in [9.17, 15) is 13.2 Å². The molecule has 0 atom stereocenters. The van der Waals surface area contributed by atoms with Gasteiger partial charge in [-0.05, 0) is 40.7 Å². The summed E-state index contributed by atoms with van der Waals surface area (Å²) in [5.41, 5.74) is 1.52. The monoisotopic (exact) mass is 308 g/mol. The topological polar surface area (TPSA) is 20.2 Å². The molecule has 2 aromatic carbocycles. The van der Waals surface area contributed by atoms with Gasteiger partial charge in [0.25, 0.3) is 0 Å². The van der Waals surface area contributed by atoms with Gasteiger partial charge in [-0.2, -0.15) is 13.2 Å². The van der Waals surface area contributed by atoms with Crippen LogP contribution in [0.4, 0.5) is 13.2 Å². The van der Waals surface area contributed by atoms with Crippen LogP contribution < -0.4 is 0 Å². The van der Waals surface area contributed by atoms with Crippen molar-refractivity contribution in [2.75, 3.05) is 0 Å². The summed E-state index contributed by atoms with van der Waals surface area (Å²) in [6, 6.07) is 11.6. The Labute approximate surface area is 128 Å². The highest BCUT2D eigenvalue weighted by atomic mass is 19.4. The standard InChI is InChI=1S/C18H19F3O/c1-12(2)9-13-3-5-14(6-4-13)15-7-8-16(11-22)17(10-15)18(19,20)21/h3-8,10,12,22H,9,11H2,1-2H3. The van der Waals surface area contributed by atoms with Crippen molar-refractivity contribution >= 4 is 0 Å². The van der Waals surface area contributed by atoms with Gasteiger partial charge >= 0.3 is 6.18 Å². The molecule has 0 saturated carbocycles. The Balaban J connectivity index is 2.37. The molecular weight excluding hydrogens is 289 g/mol. The molecule has 0 fully saturated rings. The van der Waals surface area contributed by atoms with E-state index in [0.29, 0.717) is 11.5 Å². The van der Waals surface area contributed by atoms with Gasteiger partial charge in [0.05, 0.1) is 12.2 Å². The van der Waals surface area contributed by atoms with Crippen molar-refractivity contribution in [2.45, 2.75) is 33.1 Å². The molecule has 118 valence electrons. The van der Waals surface area contributed by atoms with E-state index in [-0.39, 0.29) is 5.56 Å². The lowest BCUT2D eigenvalue weighted by Crippen LogP contribution is -2.09. The van der Waals surface area contributed by atoms with Gasteiger partial charge in [0.15, 0.2) is 0 Å². The number of halogens is 3. The molecule has 0 aliphatic heterocycles. The van der Waals surface area contributed by atoms with Gasteiger partial charge in [0.2, 0.25) is 0 Å². The van der Waals surface area contributed by atoms with Gasteiger partial charge in [-0.1, -0.05) is 50.2 Å². The summed E-state index contributed by atoms with van der Waals surface area (Å²) >= 11 is 0. The van der Waals surface area contributed by atoms with E-state index < -0.39 is 18.3 Å². The third kappa shape index (κ3) is 3.89. The number of alkyl halides is 3. The van der Waals surface area contributed by atoms with E-state index in [2.05, 4.69) is 13.8 Å². The Morgan fingerprint density at radius 1 is 0.955 bits per heavy atom. The minimum Gasteiger partial charge on any atom is -0.392 e. The average Bonchev–Trinajstić information content (AvgIpc) is 2.46. The smallest absolute Gasteiger partial charge is 0.392 e. The third-order valence-corrected chi connectivity index (χ3v) is 3.52. The molecular formula is C18H19F3O. The van der Waals surface area contributed by atoms with E-state index in [1.807, 2.05) is 24.3 Å². The molecule has 0 radical (unpaired) electrons. The molecule has 1 nitrogen and oxygen atoms in total. The highest BCUT2D eigenvalue weighted by molar-refractivity contribution is 5.65. The van der Waals surface area contributed by atoms with Gasteiger partial charge in [0.1, 0.15) is 0 Å². The Morgan fingerprint density at radius 3 is 2.05 bits per heavy atom. The van der Waals surface area contributed by atoms with Crippen LogP contribution in [0.2, 0.25) is 0 Å². The quantitative estimate of drug-likeness (QED) is 0.836. The molecule has 2 aromatic rings. The van der Waals surface area contributed by atoms with Gasteiger partial charge in [-0.25, -0.2) is 0 Å². The van der Waals surface area contributed by atoms with Crippen LogP contribution in [0, 0.1) is 5.92 Å². The van der Waals surface area contributed by atoms with Crippen molar-refractivity contribution in [1.29, 1.82) is 0 Å². The Hall–Kier alpha value is -1.81. The van der Waals surface area contributed by atoms with Gasteiger partial charge in [0, 0.05) is 0 Å². The van der Waals surface area contributed by atoms with Crippen molar-refractivity contribution < 1.29 is 18.3 Å². The first kappa shape index (κ1) is 16.6. The van der Waals surface area contributed by atoms with Crippen molar-refractivity contribution in [2.24, 2.45) is 5.92 Å². The summed E-state index contributed by atoms with van der Waals surface area (Å²) in [5, 5.41) is 9.06. The first-order valence-corrected chi connectivity index (χ1v) is 7.21. The summed E-state index contributed by atoms with van der Waals surface area (Å²) in [6.07, 6.45) is -3.52. The molecule has 0 aromatic heterocycles. The van der Waals surface area contributed by atoms with Crippen LogP contribution in [-0.2, 0) is 19.2 Å². The Kier molecular flexibility index (Phi) is 4.91. The van der Waals surface area contributed by atoms with Crippen LogP contribution in [0.1, 0.15) is 30.5 Å². The zero-order valence-corrected chi connectivity index (χ0v) is 12.6. The third-order valence-electron chi connectivity index (χ3n) is 3.52. The van der Waals surface area contributed by atoms with Crippen LogP contribution in [0.3, 0.4) is 0 Å². The zero-order chi connectivity index (χ0) is 16.3. The Bertz CT molecular complexity index is 628. The molecule has 0 aliphatic carbocycles. The summed E-state index contributed by atoms with van der Waals surface area (Å²) in [7, 11) is 0. The SMILES string of the molecule is CC(C)Cc1ccc(-c2ccc(CO)c(C(F)(F)F)c2)cc1. The second-order valence-electron chi connectivity index (χ2n) is 5.82. The van der Waals surface area contributed by atoms with Crippen LogP contribution in [0.5, 0.6) is 0 Å². The summed E-state index contributed by atoms with van der Waals surface area (Å²) in [6.45, 7) is 3.62. The van der Waals surface area contributed by atoms with Crippen molar-refractivity contribution in [1.82, 2.24) is 0 Å². The van der Waals surface area contributed by atoms with E-state index in [4.69, 9.17) is 5.11 Å². The highest BCUT2D eigenvalue weighted by Gasteiger charge is 2.33. The molecule has 0 saturated heterocycles. The maximum absolute atomic E-state index is 13.0. The van der Waals surface area contributed by atoms with Crippen LogP contribution in [0.25, 0.3) is 11.1 Å². The summed E-state index contributed by atoms with van der Waals surface area (Å²) < 4.78 is 39.1. The number of hydrogen-bond donors (Lipinski definition) is 1. The predicted molar refractivity (Wildman–Crippen MR) is 81.3 cm³/mol. The fourth-order valence-corrected chi connectivity index (χ4v) is 2.46. The molecule has 4 heteroatoms. The molecule has 0 bridgehead atoms. The maximum Gasteiger partial charge on any atom is 0.416 e. The van der Waals surface area contributed by atoms with Crippen LogP contribution in [0.15, 0.2) is 42.5 Å². The molecule has 1 N–H and O–H groups in total. The van der Waals surface area contributed by atoms with E-state index >= 15 is 0 Å². The summed E-state index contributed by atoms with van der Waals surface area (Å²) in [4.78, 5) is 0. The minimum atomic E-state index is -4.47. The van der Waals surface area contributed by atoms with Crippen molar-refractivity contribution in [3.05, 3.63) is 59.2 Å². The molecule has 0 aliphatic rings. The number of benzene rings is 2. The lowest BCUT2D eigenvalue weighted by atomic mass is 9.96. The number of hydrogen-bond acceptors (Lipinski definition) is 1. The predicted octanol–water partition coefficient (Wildman–Crippen LogP) is 5.06. The largest absolute Gasteiger partial charge is 0.416 e. The zero-order valence-electron chi connectivity index (χ0n) is 12.6. The lowest BCUT2D eigenvalue weighted by molar-refractivity contribution is -0.138. The fraction of sp³-hybridized carbons (Fsp3) is 0.333. The van der Waals surface area contributed by atoms with Crippen molar-refractivity contribution in [3.63, 3.8) is 0 Å². The first-order chi connectivity index (χ1) is 10.3.